The highest BCUT2D eigenvalue weighted by Crippen LogP contribution is 2.40. The summed E-state index contributed by atoms with van der Waals surface area (Å²) in [6.07, 6.45) is 4.50. The van der Waals surface area contributed by atoms with E-state index >= 15 is 0 Å². The van der Waals surface area contributed by atoms with Crippen LogP contribution in [-0.4, -0.2) is 17.3 Å². The molecule has 1 aliphatic carbocycles. The fraction of sp³-hybridized carbons (Fsp3) is 0.900. The zero-order valence-electron chi connectivity index (χ0n) is 9.23. The molecule has 5 heteroatoms. The van der Waals surface area contributed by atoms with Gasteiger partial charge in [-0.05, 0) is 18.8 Å². The summed E-state index contributed by atoms with van der Waals surface area (Å²) in [6.45, 7) is 3.55. The summed E-state index contributed by atoms with van der Waals surface area (Å²) in [5.41, 5.74) is -0.429. The highest BCUT2D eigenvalue weighted by Gasteiger charge is 2.38. The van der Waals surface area contributed by atoms with Gasteiger partial charge in [0.1, 0.15) is 0 Å². The summed E-state index contributed by atoms with van der Waals surface area (Å²) >= 11 is 0. The average Bonchev–Trinajstić information content (AvgIpc) is 2.66. The Kier molecular flexibility index (Phi) is 4.38. The van der Waals surface area contributed by atoms with E-state index in [-0.39, 0.29) is 12.4 Å². The number of hydrogen-bond donors (Lipinski definition) is 1. The third-order valence-electron chi connectivity index (χ3n) is 3.40. The smallest absolute Gasteiger partial charge is 0.296 e. The number of Topliss-reactive ketones (excluding diaryl/α,β-unsaturated/α-hetero) is 1. The quantitative estimate of drug-likeness (QED) is 0.741. The average molecular weight is 233 g/mol. The van der Waals surface area contributed by atoms with Gasteiger partial charge in [-0.3, -0.25) is 4.79 Å². The van der Waals surface area contributed by atoms with Crippen LogP contribution >= 0.6 is 8.25 Å². The van der Waals surface area contributed by atoms with E-state index < -0.39 is 13.7 Å². The molecule has 0 bridgehead atoms. The van der Waals surface area contributed by atoms with Crippen molar-refractivity contribution < 1.29 is 18.8 Å². The molecule has 0 radical (unpaired) electrons. The van der Waals surface area contributed by atoms with E-state index in [9.17, 15) is 9.36 Å². The van der Waals surface area contributed by atoms with Crippen LogP contribution in [0.15, 0.2) is 0 Å². The Morgan fingerprint density at radius 2 is 2.00 bits per heavy atom. The van der Waals surface area contributed by atoms with Crippen molar-refractivity contribution in [2.24, 2.45) is 11.3 Å². The first-order chi connectivity index (χ1) is 6.94. The molecule has 15 heavy (non-hydrogen) atoms. The molecule has 86 valence electrons. The van der Waals surface area contributed by atoms with Crippen LogP contribution in [0, 0.1) is 11.3 Å². The molecular weight excluding hydrogens is 215 g/mol. The van der Waals surface area contributed by atoms with E-state index in [1.165, 1.54) is 12.8 Å². The molecule has 0 heterocycles. The Labute approximate surface area is 91.0 Å². The summed E-state index contributed by atoms with van der Waals surface area (Å²) in [7, 11) is -2.66. The van der Waals surface area contributed by atoms with Crippen LogP contribution in [0.1, 0.15) is 39.5 Å². The van der Waals surface area contributed by atoms with Crippen LogP contribution in [-0.2, 0) is 13.9 Å². The molecule has 1 N–H and O–H groups in total. The van der Waals surface area contributed by atoms with E-state index in [1.54, 1.807) is 0 Å². The monoisotopic (exact) mass is 233 g/mol. The van der Waals surface area contributed by atoms with Gasteiger partial charge in [-0.1, -0.05) is 26.7 Å². The summed E-state index contributed by atoms with van der Waals surface area (Å²) in [5.74, 6) is 0.317. The van der Waals surface area contributed by atoms with Crippen molar-refractivity contribution in [1.82, 2.24) is 0 Å². The highest BCUT2D eigenvalue weighted by atomic mass is 31.1. The lowest BCUT2D eigenvalue weighted by atomic mass is 9.74. The molecule has 0 spiro atoms. The molecule has 1 saturated carbocycles. The van der Waals surface area contributed by atoms with Gasteiger partial charge in [-0.15, -0.1) is 9.42 Å². The predicted octanol–water partition coefficient (Wildman–Crippen LogP) is 2.44. The van der Waals surface area contributed by atoms with Crippen molar-refractivity contribution in [3.05, 3.63) is 0 Å². The fourth-order valence-electron chi connectivity index (χ4n) is 2.18. The first kappa shape index (κ1) is 12.8. The Hall–Kier alpha value is -0.310. The van der Waals surface area contributed by atoms with Gasteiger partial charge in [0, 0.05) is 9.98 Å². The first-order valence-electron chi connectivity index (χ1n) is 5.27. The lowest BCUT2D eigenvalue weighted by molar-refractivity contribution is -0.132. The second-order valence-corrected chi connectivity index (χ2v) is 5.37. The van der Waals surface area contributed by atoms with E-state index in [0.717, 1.165) is 12.8 Å². The molecule has 0 aromatic heterocycles. The summed E-state index contributed by atoms with van der Waals surface area (Å²) in [4.78, 5) is 20.3. The van der Waals surface area contributed by atoms with Crippen molar-refractivity contribution >= 4 is 14.0 Å². The second-order valence-electron chi connectivity index (χ2n) is 4.64. The molecule has 0 saturated heterocycles. The molecular formula is C10H18O4P+. The van der Waals surface area contributed by atoms with Gasteiger partial charge in [0.2, 0.25) is 0 Å². The van der Waals surface area contributed by atoms with Crippen LogP contribution in [0.25, 0.3) is 0 Å². The van der Waals surface area contributed by atoms with Gasteiger partial charge < -0.3 is 0 Å². The summed E-state index contributed by atoms with van der Waals surface area (Å²) in [6, 6.07) is 0. The van der Waals surface area contributed by atoms with Gasteiger partial charge in [0.05, 0.1) is 0 Å². The Morgan fingerprint density at radius 3 is 2.47 bits per heavy atom. The van der Waals surface area contributed by atoms with Crippen LogP contribution in [0.3, 0.4) is 0 Å². The van der Waals surface area contributed by atoms with Gasteiger partial charge >= 0.3 is 8.25 Å². The summed E-state index contributed by atoms with van der Waals surface area (Å²) < 4.78 is 14.8. The molecule has 0 aliphatic heterocycles. The minimum absolute atomic E-state index is 0.0770. The van der Waals surface area contributed by atoms with Crippen LogP contribution in [0.4, 0.5) is 0 Å². The topological polar surface area (TPSA) is 63.6 Å². The minimum atomic E-state index is -2.66. The predicted molar refractivity (Wildman–Crippen MR) is 56.5 cm³/mol. The molecule has 0 aromatic carbocycles. The molecule has 1 fully saturated rings. The molecule has 1 aliphatic rings. The Bertz CT molecular complexity index is 256. The van der Waals surface area contributed by atoms with Crippen molar-refractivity contribution in [1.29, 1.82) is 0 Å². The van der Waals surface area contributed by atoms with Gasteiger partial charge in [0.25, 0.3) is 0 Å². The number of ketones is 1. The van der Waals surface area contributed by atoms with E-state index in [0.29, 0.717) is 5.92 Å². The number of carbonyl (C=O) groups is 1. The first-order valence-corrected chi connectivity index (χ1v) is 6.40. The van der Waals surface area contributed by atoms with Crippen LogP contribution < -0.4 is 0 Å². The Morgan fingerprint density at radius 1 is 1.47 bits per heavy atom. The lowest BCUT2D eigenvalue weighted by Crippen LogP contribution is -2.34. The van der Waals surface area contributed by atoms with Crippen LogP contribution in [0.5, 0.6) is 0 Å². The van der Waals surface area contributed by atoms with E-state index in [1.807, 2.05) is 13.8 Å². The second kappa shape index (κ2) is 5.15. The third-order valence-corrected chi connectivity index (χ3v) is 3.75. The zero-order chi connectivity index (χ0) is 11.5. The standard InChI is InChI=1S/C10H17O4P/c1-10(2,8-5-3-4-6-8)9(11)7-14-15(12)13/h8H,3-7H2,1-2H3/p+1. The summed E-state index contributed by atoms with van der Waals surface area (Å²) in [5, 5.41) is 0. The van der Waals surface area contributed by atoms with E-state index in [4.69, 9.17) is 4.89 Å². The molecule has 0 aromatic rings. The number of hydrogen-bond acceptors (Lipinski definition) is 3. The SMILES string of the molecule is CC(C)(C(=O)CO[P+](=O)O)C1CCCC1. The maximum Gasteiger partial charge on any atom is 0.695 e. The molecule has 1 atom stereocenters. The van der Waals surface area contributed by atoms with Gasteiger partial charge in [-0.25, -0.2) is 0 Å². The zero-order valence-corrected chi connectivity index (χ0v) is 10.1. The molecule has 1 unspecified atom stereocenters. The maximum absolute atomic E-state index is 11.8. The molecule has 1 rings (SSSR count). The van der Waals surface area contributed by atoms with Gasteiger partial charge in [-0.2, -0.15) is 0 Å². The van der Waals surface area contributed by atoms with Gasteiger partial charge in [0.15, 0.2) is 12.4 Å². The van der Waals surface area contributed by atoms with Crippen molar-refractivity contribution in [3.8, 4) is 0 Å². The van der Waals surface area contributed by atoms with Crippen LogP contribution in [0.2, 0.25) is 0 Å². The number of rotatable bonds is 5. The molecule has 4 nitrogen and oxygen atoms in total. The van der Waals surface area contributed by atoms with E-state index in [2.05, 4.69) is 4.52 Å². The highest BCUT2D eigenvalue weighted by molar-refractivity contribution is 7.32. The minimum Gasteiger partial charge on any atom is -0.296 e. The third kappa shape index (κ3) is 3.33. The lowest BCUT2D eigenvalue weighted by Gasteiger charge is -2.28. The van der Waals surface area contributed by atoms with Crippen molar-refractivity contribution in [2.45, 2.75) is 39.5 Å². The van der Waals surface area contributed by atoms with Crippen molar-refractivity contribution in [2.75, 3.05) is 6.61 Å². The fourth-order valence-corrected chi connectivity index (χ4v) is 2.40. The Balaban J connectivity index is 2.51. The maximum atomic E-state index is 11.8. The normalized spacial score (nSPS) is 19.3. The van der Waals surface area contributed by atoms with Crippen molar-refractivity contribution in [3.63, 3.8) is 0 Å². The number of carbonyl (C=O) groups excluding carboxylic acids is 1. The largest absolute Gasteiger partial charge is 0.695 e. The molecule has 0 amide bonds.